The zero-order chi connectivity index (χ0) is 10.8. The van der Waals surface area contributed by atoms with Gasteiger partial charge < -0.3 is 9.26 Å². The van der Waals surface area contributed by atoms with Gasteiger partial charge in [-0.1, -0.05) is 30.3 Å². The van der Waals surface area contributed by atoms with Gasteiger partial charge in [0.25, 0.3) is 5.56 Å². The van der Waals surface area contributed by atoms with Crippen molar-refractivity contribution in [2.45, 2.75) is 0 Å². The molecule has 0 bridgehead atoms. The van der Waals surface area contributed by atoms with Crippen molar-refractivity contribution in [3.05, 3.63) is 40.7 Å². The van der Waals surface area contributed by atoms with Gasteiger partial charge in [-0.2, -0.15) is 4.74 Å². The zero-order valence-corrected chi connectivity index (χ0v) is 8.56. The van der Waals surface area contributed by atoms with Gasteiger partial charge >= 0.3 is 5.95 Å². The Bertz CT molecular complexity index is 510. The predicted octanol–water partition coefficient (Wildman–Crippen LogP) is 1.65. The fraction of sp³-hybridized carbons (Fsp3) is 0.182. The molecule has 0 unspecified atom stereocenters. The molecule has 0 amide bonds. The van der Waals surface area contributed by atoms with Gasteiger partial charge in [0.05, 0.1) is 7.11 Å². The molecule has 0 radical (unpaired) electrons. The molecule has 0 saturated carbocycles. The Morgan fingerprint density at radius 2 is 1.93 bits per heavy atom. The van der Waals surface area contributed by atoms with E-state index < -0.39 is 0 Å². The SMILES string of the molecule is COc1on(C)c(=O)c1-c1ccccc1. The Morgan fingerprint density at radius 1 is 1.27 bits per heavy atom. The summed E-state index contributed by atoms with van der Waals surface area (Å²) in [5, 5.41) is 0. The van der Waals surface area contributed by atoms with Crippen LogP contribution < -0.4 is 10.3 Å². The summed E-state index contributed by atoms with van der Waals surface area (Å²) < 4.78 is 11.3. The summed E-state index contributed by atoms with van der Waals surface area (Å²) in [6.45, 7) is 0. The first-order chi connectivity index (χ1) is 7.24. The molecule has 0 atom stereocenters. The van der Waals surface area contributed by atoms with E-state index in [0.29, 0.717) is 5.56 Å². The number of nitrogens with zero attached hydrogens (tertiary/aromatic N) is 1. The molecule has 0 fully saturated rings. The van der Waals surface area contributed by atoms with Crippen LogP contribution in [0.1, 0.15) is 0 Å². The maximum atomic E-state index is 11.7. The molecule has 4 heteroatoms. The number of hydrogen-bond donors (Lipinski definition) is 0. The van der Waals surface area contributed by atoms with E-state index in [1.54, 1.807) is 7.05 Å². The molecule has 4 nitrogen and oxygen atoms in total. The number of methoxy groups -OCH3 is 1. The molecule has 0 spiro atoms. The number of rotatable bonds is 2. The summed E-state index contributed by atoms with van der Waals surface area (Å²) in [5.74, 6) is 0.244. The molecule has 15 heavy (non-hydrogen) atoms. The van der Waals surface area contributed by atoms with Crippen LogP contribution in [0.3, 0.4) is 0 Å². The summed E-state index contributed by atoms with van der Waals surface area (Å²) in [5.41, 5.74) is 1.06. The smallest absolute Gasteiger partial charge is 0.320 e. The molecule has 1 aromatic carbocycles. The van der Waals surface area contributed by atoms with E-state index in [1.807, 2.05) is 30.3 Å². The van der Waals surface area contributed by atoms with Crippen molar-refractivity contribution < 1.29 is 9.26 Å². The molecule has 1 aromatic heterocycles. The maximum Gasteiger partial charge on any atom is 0.320 e. The van der Waals surface area contributed by atoms with Crippen molar-refractivity contribution >= 4 is 0 Å². The highest BCUT2D eigenvalue weighted by Gasteiger charge is 2.17. The molecule has 1 heterocycles. The molecule has 78 valence electrons. The highest BCUT2D eigenvalue weighted by molar-refractivity contribution is 5.66. The van der Waals surface area contributed by atoms with Gasteiger partial charge in [0.1, 0.15) is 5.56 Å². The molecule has 0 aliphatic rings. The van der Waals surface area contributed by atoms with Crippen LogP contribution in [0.2, 0.25) is 0 Å². The number of benzene rings is 1. The second kappa shape index (κ2) is 3.65. The predicted molar refractivity (Wildman–Crippen MR) is 55.9 cm³/mol. The van der Waals surface area contributed by atoms with E-state index in [4.69, 9.17) is 9.26 Å². The molecular weight excluding hydrogens is 194 g/mol. The van der Waals surface area contributed by atoms with Crippen LogP contribution in [0.5, 0.6) is 5.95 Å². The van der Waals surface area contributed by atoms with E-state index in [0.717, 1.165) is 10.3 Å². The van der Waals surface area contributed by atoms with E-state index in [-0.39, 0.29) is 11.5 Å². The van der Waals surface area contributed by atoms with Crippen molar-refractivity contribution in [1.82, 2.24) is 4.74 Å². The Kier molecular flexibility index (Phi) is 2.33. The number of hydrogen-bond acceptors (Lipinski definition) is 3. The first-order valence-corrected chi connectivity index (χ1v) is 4.53. The largest absolute Gasteiger partial charge is 0.467 e. The Hall–Kier alpha value is -1.97. The summed E-state index contributed by atoms with van der Waals surface area (Å²) in [4.78, 5) is 11.7. The van der Waals surface area contributed by atoms with E-state index >= 15 is 0 Å². The molecule has 0 N–H and O–H groups in total. The molecule has 2 rings (SSSR count). The van der Waals surface area contributed by atoms with Gasteiger partial charge in [-0.25, -0.2) is 0 Å². The van der Waals surface area contributed by atoms with Crippen LogP contribution in [-0.2, 0) is 7.05 Å². The van der Waals surface area contributed by atoms with Crippen molar-refractivity contribution in [1.29, 1.82) is 0 Å². The van der Waals surface area contributed by atoms with Gasteiger partial charge in [0.15, 0.2) is 0 Å². The lowest BCUT2D eigenvalue weighted by molar-refractivity contribution is 0.208. The first kappa shape index (κ1) is 9.58. The minimum atomic E-state index is -0.196. The van der Waals surface area contributed by atoms with Crippen LogP contribution in [0.25, 0.3) is 11.1 Å². The van der Waals surface area contributed by atoms with Crippen LogP contribution >= 0.6 is 0 Å². The summed E-state index contributed by atoms with van der Waals surface area (Å²) in [7, 11) is 3.03. The van der Waals surface area contributed by atoms with Gasteiger partial charge in [-0.05, 0) is 5.56 Å². The average molecular weight is 205 g/mol. The van der Waals surface area contributed by atoms with E-state index in [9.17, 15) is 4.79 Å². The lowest BCUT2D eigenvalue weighted by atomic mass is 10.1. The topological polar surface area (TPSA) is 44.4 Å². The molecular formula is C11H11NO3. The molecule has 0 saturated heterocycles. The van der Waals surface area contributed by atoms with E-state index in [1.165, 1.54) is 7.11 Å². The quantitative estimate of drug-likeness (QED) is 0.748. The molecule has 2 aromatic rings. The van der Waals surface area contributed by atoms with Crippen LogP contribution in [0.4, 0.5) is 0 Å². The van der Waals surface area contributed by atoms with Crippen molar-refractivity contribution in [2.24, 2.45) is 7.05 Å². The average Bonchev–Trinajstić information content (AvgIpc) is 2.56. The highest BCUT2D eigenvalue weighted by Crippen LogP contribution is 2.26. The van der Waals surface area contributed by atoms with E-state index in [2.05, 4.69) is 0 Å². The van der Waals surface area contributed by atoms with Crippen LogP contribution in [0, 0.1) is 0 Å². The minimum Gasteiger partial charge on any atom is -0.467 e. The maximum absolute atomic E-state index is 11.7. The lowest BCUT2D eigenvalue weighted by Gasteiger charge is -1.97. The molecule has 0 aliphatic heterocycles. The van der Waals surface area contributed by atoms with Crippen LogP contribution in [0.15, 0.2) is 39.6 Å². The Balaban J connectivity index is 2.67. The Labute approximate surface area is 86.7 Å². The van der Waals surface area contributed by atoms with Crippen LogP contribution in [-0.4, -0.2) is 11.8 Å². The normalized spacial score (nSPS) is 10.3. The second-order valence-electron chi connectivity index (χ2n) is 3.13. The minimum absolute atomic E-state index is 0.196. The number of ether oxygens (including phenoxy) is 1. The summed E-state index contributed by atoms with van der Waals surface area (Å²) in [6.07, 6.45) is 0. The van der Waals surface area contributed by atoms with Gasteiger partial charge in [0, 0.05) is 7.05 Å². The lowest BCUT2D eigenvalue weighted by Crippen LogP contribution is -2.11. The number of aromatic nitrogens is 1. The van der Waals surface area contributed by atoms with Gasteiger partial charge in [-0.15, -0.1) is 0 Å². The summed E-state index contributed by atoms with van der Waals surface area (Å²) in [6, 6.07) is 9.30. The van der Waals surface area contributed by atoms with Crippen molar-refractivity contribution in [3.8, 4) is 17.1 Å². The molecule has 0 aliphatic carbocycles. The second-order valence-corrected chi connectivity index (χ2v) is 3.13. The highest BCUT2D eigenvalue weighted by atomic mass is 16.6. The fourth-order valence-corrected chi connectivity index (χ4v) is 1.44. The summed E-state index contributed by atoms with van der Waals surface area (Å²) >= 11 is 0. The Morgan fingerprint density at radius 3 is 2.53 bits per heavy atom. The van der Waals surface area contributed by atoms with Gasteiger partial charge in [0.2, 0.25) is 0 Å². The van der Waals surface area contributed by atoms with Gasteiger partial charge in [-0.3, -0.25) is 4.79 Å². The number of aryl methyl sites for hydroxylation is 1. The first-order valence-electron chi connectivity index (χ1n) is 4.53. The monoisotopic (exact) mass is 205 g/mol. The van der Waals surface area contributed by atoms with Crippen molar-refractivity contribution in [3.63, 3.8) is 0 Å². The third-order valence-corrected chi connectivity index (χ3v) is 2.17. The van der Waals surface area contributed by atoms with Crippen molar-refractivity contribution in [2.75, 3.05) is 7.11 Å². The standard InChI is InChI=1S/C11H11NO3/c1-12-10(13)9(11(14-2)15-12)8-6-4-3-5-7-8/h3-7H,1-2H3. The third-order valence-electron chi connectivity index (χ3n) is 2.17. The fourth-order valence-electron chi connectivity index (χ4n) is 1.44. The third kappa shape index (κ3) is 1.54. The zero-order valence-electron chi connectivity index (χ0n) is 8.56.